The molecule has 18 heavy (non-hydrogen) atoms. The Hall–Kier alpha value is -0.620. The van der Waals surface area contributed by atoms with E-state index in [0.717, 1.165) is 12.8 Å². The van der Waals surface area contributed by atoms with Gasteiger partial charge in [-0.1, -0.05) is 13.3 Å². The fraction of sp³-hybridized carbons (Fsp3) is 0.917. The molecule has 1 aliphatic rings. The van der Waals surface area contributed by atoms with Gasteiger partial charge in [-0.15, -0.1) is 0 Å². The van der Waals surface area contributed by atoms with Crippen LogP contribution >= 0.6 is 0 Å². The maximum absolute atomic E-state index is 11.3. The number of nitrogens with one attached hydrogen (secondary N) is 1. The third kappa shape index (κ3) is 5.35. The molecule has 1 saturated heterocycles. The average molecular weight is 277 g/mol. The van der Waals surface area contributed by atoms with Crippen LogP contribution in [0, 0.1) is 5.92 Å². The maximum atomic E-state index is 11.3. The second-order valence-electron chi connectivity index (χ2n) is 5.34. The lowest BCUT2D eigenvalue weighted by Gasteiger charge is -2.18. The van der Waals surface area contributed by atoms with E-state index in [4.69, 9.17) is 5.11 Å². The average Bonchev–Trinajstić information content (AvgIpc) is 2.57. The van der Waals surface area contributed by atoms with E-state index in [1.54, 1.807) is 6.92 Å². The molecule has 3 unspecified atom stereocenters. The molecule has 0 aliphatic carbocycles. The summed E-state index contributed by atoms with van der Waals surface area (Å²) in [7, 11) is -2.83. The van der Waals surface area contributed by atoms with E-state index in [1.807, 2.05) is 6.92 Å². The summed E-state index contributed by atoms with van der Waals surface area (Å²) in [5, 5.41) is 12.1. The number of sulfone groups is 1. The topological polar surface area (TPSA) is 83.5 Å². The fourth-order valence-corrected chi connectivity index (χ4v) is 3.95. The number of carbonyl (C=O) groups is 1. The lowest BCUT2D eigenvalue weighted by molar-refractivity contribution is -0.141. The van der Waals surface area contributed by atoms with Gasteiger partial charge in [-0.3, -0.25) is 4.79 Å². The lowest BCUT2D eigenvalue weighted by Crippen LogP contribution is -2.37. The first-order chi connectivity index (χ1) is 8.30. The molecule has 0 saturated carbocycles. The Morgan fingerprint density at radius 2 is 2.06 bits per heavy atom. The van der Waals surface area contributed by atoms with Crippen molar-refractivity contribution in [1.29, 1.82) is 0 Å². The van der Waals surface area contributed by atoms with Gasteiger partial charge >= 0.3 is 5.97 Å². The van der Waals surface area contributed by atoms with E-state index in [2.05, 4.69) is 5.32 Å². The van der Waals surface area contributed by atoms with Crippen molar-refractivity contribution in [3.8, 4) is 0 Å². The van der Waals surface area contributed by atoms with E-state index < -0.39 is 15.8 Å². The Morgan fingerprint density at radius 3 is 2.56 bits per heavy atom. The third-order valence-electron chi connectivity index (χ3n) is 3.45. The Bertz CT molecular complexity index is 380. The summed E-state index contributed by atoms with van der Waals surface area (Å²) in [5.41, 5.74) is 0. The molecule has 3 atom stereocenters. The van der Waals surface area contributed by atoms with Crippen LogP contribution in [0.3, 0.4) is 0 Å². The van der Waals surface area contributed by atoms with Gasteiger partial charge in [0.05, 0.1) is 17.4 Å². The smallest absolute Gasteiger partial charge is 0.306 e. The molecular weight excluding hydrogens is 254 g/mol. The Balaban J connectivity index is 2.18. The van der Waals surface area contributed by atoms with Gasteiger partial charge in [-0.2, -0.15) is 0 Å². The summed E-state index contributed by atoms with van der Waals surface area (Å²) < 4.78 is 22.6. The van der Waals surface area contributed by atoms with E-state index in [-0.39, 0.29) is 29.5 Å². The van der Waals surface area contributed by atoms with Gasteiger partial charge in [0.15, 0.2) is 9.84 Å². The minimum absolute atomic E-state index is 0.0712. The number of rotatable bonds is 7. The molecule has 5 nitrogen and oxygen atoms in total. The molecule has 1 fully saturated rings. The molecule has 6 heteroatoms. The Kier molecular flexibility index (Phi) is 5.59. The van der Waals surface area contributed by atoms with E-state index in [0.29, 0.717) is 12.8 Å². The highest BCUT2D eigenvalue weighted by Crippen LogP contribution is 2.14. The van der Waals surface area contributed by atoms with Gasteiger partial charge in [0, 0.05) is 12.1 Å². The number of carboxylic acid groups (broad SMARTS) is 1. The first-order valence-electron chi connectivity index (χ1n) is 6.49. The minimum Gasteiger partial charge on any atom is -0.481 e. The first kappa shape index (κ1) is 15.4. The zero-order chi connectivity index (χ0) is 13.8. The first-order valence-corrected chi connectivity index (χ1v) is 8.31. The van der Waals surface area contributed by atoms with Crippen molar-refractivity contribution in [2.24, 2.45) is 5.92 Å². The Labute approximate surface area is 109 Å². The van der Waals surface area contributed by atoms with Crippen LogP contribution < -0.4 is 5.32 Å². The SMILES string of the molecule is CC(CCCC(C)C(=O)O)NC1CCS(=O)(=O)C1. The van der Waals surface area contributed by atoms with Crippen molar-refractivity contribution < 1.29 is 18.3 Å². The molecule has 0 bridgehead atoms. The zero-order valence-electron chi connectivity index (χ0n) is 11.1. The number of aliphatic carboxylic acids is 1. The van der Waals surface area contributed by atoms with Crippen LogP contribution in [0.5, 0.6) is 0 Å². The predicted octanol–water partition coefficient (Wildman–Crippen LogP) is 1.04. The van der Waals surface area contributed by atoms with Crippen molar-refractivity contribution in [2.45, 2.75) is 51.6 Å². The van der Waals surface area contributed by atoms with Gasteiger partial charge in [0.1, 0.15) is 0 Å². The highest BCUT2D eigenvalue weighted by Gasteiger charge is 2.28. The van der Waals surface area contributed by atoms with E-state index in [9.17, 15) is 13.2 Å². The van der Waals surface area contributed by atoms with Crippen molar-refractivity contribution in [3.63, 3.8) is 0 Å². The summed E-state index contributed by atoms with van der Waals surface area (Å²) >= 11 is 0. The molecule has 106 valence electrons. The minimum atomic E-state index is -2.83. The normalized spacial score (nSPS) is 25.8. The van der Waals surface area contributed by atoms with Crippen molar-refractivity contribution >= 4 is 15.8 Å². The number of hydrogen-bond acceptors (Lipinski definition) is 4. The summed E-state index contributed by atoms with van der Waals surface area (Å²) in [5.74, 6) is -0.530. The summed E-state index contributed by atoms with van der Waals surface area (Å²) in [6, 6.07) is 0.311. The molecule has 0 radical (unpaired) electrons. The van der Waals surface area contributed by atoms with Gasteiger partial charge in [-0.05, 0) is 26.2 Å². The van der Waals surface area contributed by atoms with Crippen molar-refractivity contribution in [3.05, 3.63) is 0 Å². The second kappa shape index (κ2) is 6.52. The van der Waals surface area contributed by atoms with E-state index >= 15 is 0 Å². The summed E-state index contributed by atoms with van der Waals surface area (Å²) in [6.07, 6.45) is 3.10. The van der Waals surface area contributed by atoms with Gasteiger partial charge in [-0.25, -0.2) is 8.42 Å². The highest BCUT2D eigenvalue weighted by molar-refractivity contribution is 7.91. The lowest BCUT2D eigenvalue weighted by atomic mass is 10.0. The van der Waals surface area contributed by atoms with Crippen molar-refractivity contribution in [2.75, 3.05) is 11.5 Å². The van der Waals surface area contributed by atoms with Gasteiger partial charge < -0.3 is 10.4 Å². The summed E-state index contributed by atoms with van der Waals surface area (Å²) in [6.45, 7) is 3.74. The highest BCUT2D eigenvalue weighted by atomic mass is 32.2. The van der Waals surface area contributed by atoms with Crippen LogP contribution in [0.25, 0.3) is 0 Å². The van der Waals surface area contributed by atoms with E-state index in [1.165, 1.54) is 0 Å². The second-order valence-corrected chi connectivity index (χ2v) is 7.57. The quantitative estimate of drug-likeness (QED) is 0.726. The standard InChI is InChI=1S/C12H23NO4S/c1-9(12(14)15)4-3-5-10(2)13-11-6-7-18(16,17)8-11/h9-11,13H,3-8H2,1-2H3,(H,14,15). The number of hydrogen-bond donors (Lipinski definition) is 2. The van der Waals surface area contributed by atoms with Crippen LogP contribution in [0.4, 0.5) is 0 Å². The van der Waals surface area contributed by atoms with Crippen LogP contribution in [-0.4, -0.2) is 43.1 Å². The monoisotopic (exact) mass is 277 g/mol. The molecule has 0 spiro atoms. The third-order valence-corrected chi connectivity index (χ3v) is 5.22. The zero-order valence-corrected chi connectivity index (χ0v) is 11.9. The molecular formula is C12H23NO4S. The molecule has 1 heterocycles. The summed E-state index contributed by atoms with van der Waals surface area (Å²) in [4.78, 5) is 10.6. The van der Waals surface area contributed by atoms with Gasteiger partial charge in [0.2, 0.25) is 0 Å². The number of carboxylic acids is 1. The molecule has 0 aromatic heterocycles. The molecule has 1 rings (SSSR count). The van der Waals surface area contributed by atoms with Crippen LogP contribution in [0.2, 0.25) is 0 Å². The largest absolute Gasteiger partial charge is 0.481 e. The predicted molar refractivity (Wildman–Crippen MR) is 70.3 cm³/mol. The van der Waals surface area contributed by atoms with Crippen LogP contribution in [-0.2, 0) is 14.6 Å². The molecule has 0 aromatic rings. The molecule has 0 aromatic carbocycles. The van der Waals surface area contributed by atoms with Crippen molar-refractivity contribution in [1.82, 2.24) is 5.32 Å². The fourth-order valence-electron chi connectivity index (χ4n) is 2.27. The molecule has 1 aliphatic heterocycles. The molecule has 0 amide bonds. The van der Waals surface area contributed by atoms with Crippen LogP contribution in [0.15, 0.2) is 0 Å². The van der Waals surface area contributed by atoms with Crippen LogP contribution in [0.1, 0.15) is 39.5 Å². The maximum Gasteiger partial charge on any atom is 0.306 e. The Morgan fingerprint density at radius 1 is 1.39 bits per heavy atom. The van der Waals surface area contributed by atoms with Gasteiger partial charge in [0.25, 0.3) is 0 Å². The molecule has 2 N–H and O–H groups in total.